The number of amidine groups is 1. The van der Waals surface area contributed by atoms with Crippen molar-refractivity contribution < 1.29 is 0 Å². The van der Waals surface area contributed by atoms with Gasteiger partial charge in [-0.25, -0.2) is 0 Å². The molecule has 1 aromatic rings. The highest BCUT2D eigenvalue weighted by Crippen LogP contribution is 2.10. The highest BCUT2D eigenvalue weighted by Gasteiger charge is 1.99. The van der Waals surface area contributed by atoms with Gasteiger partial charge in [-0.1, -0.05) is 30.0 Å². The second kappa shape index (κ2) is 8.43. The van der Waals surface area contributed by atoms with Gasteiger partial charge in [-0.15, -0.1) is 0 Å². The lowest BCUT2D eigenvalue weighted by molar-refractivity contribution is 0.796. The van der Waals surface area contributed by atoms with Crippen LogP contribution in [0.3, 0.4) is 0 Å². The van der Waals surface area contributed by atoms with E-state index in [1.165, 1.54) is 17.4 Å². The summed E-state index contributed by atoms with van der Waals surface area (Å²) in [5, 5.41) is 11.7. The number of anilines is 1. The molecule has 0 saturated heterocycles. The average molecular weight is 262 g/mol. The second-order valence-electron chi connectivity index (χ2n) is 3.74. The van der Waals surface area contributed by atoms with Gasteiger partial charge in [0, 0.05) is 25.8 Å². The summed E-state index contributed by atoms with van der Waals surface area (Å²) in [5.74, 6) is 0. The molecule has 18 heavy (non-hydrogen) atoms. The number of nitrogens with one attached hydrogen (secondary N) is 1. The molecule has 1 N–H and O–H groups in total. The Morgan fingerprint density at radius 2 is 2.17 bits per heavy atom. The highest BCUT2D eigenvalue weighted by atomic mass is 32.2. The van der Waals surface area contributed by atoms with Gasteiger partial charge < -0.3 is 4.90 Å². The summed E-state index contributed by atoms with van der Waals surface area (Å²) in [6, 6.07) is 10.3. The average Bonchev–Trinajstić information content (AvgIpc) is 2.43. The Balaban J connectivity index is 2.32. The van der Waals surface area contributed by atoms with Crippen molar-refractivity contribution in [2.45, 2.75) is 6.42 Å². The largest absolute Gasteiger partial charge is 0.375 e. The zero-order chi connectivity index (χ0) is 13.2. The number of aliphatic imine (C=N–C) groups is 1. The van der Waals surface area contributed by atoms with Gasteiger partial charge in [0.2, 0.25) is 0 Å². The number of hydrogen-bond donors (Lipinski definition) is 1. The number of benzene rings is 1. The fourth-order valence-corrected chi connectivity index (χ4v) is 1.87. The minimum absolute atomic E-state index is 0.680. The molecule has 0 spiro atoms. The number of para-hydroxylation sites is 1. The Labute approximate surface area is 113 Å². The maximum absolute atomic E-state index is 8.50. The van der Waals surface area contributed by atoms with Crippen LogP contribution in [0.4, 0.5) is 5.69 Å². The molecule has 0 heterocycles. The van der Waals surface area contributed by atoms with E-state index in [9.17, 15) is 0 Å². The van der Waals surface area contributed by atoms with Crippen LogP contribution in [0.15, 0.2) is 35.3 Å². The first-order valence-corrected chi connectivity index (χ1v) is 7.00. The first kappa shape index (κ1) is 14.4. The molecule has 0 saturated carbocycles. The molecule has 0 atom stereocenters. The van der Waals surface area contributed by atoms with Crippen LogP contribution in [0.1, 0.15) is 6.42 Å². The standard InChI is InChI=1S/C13H18N4S/c1-17(12-7-4-3-5-8-12)10-6-9-15-13(18-2)16-11-14/h3-5,7-8H,6,9-10H2,1-2H3,(H,15,16). The van der Waals surface area contributed by atoms with Gasteiger partial charge in [0.25, 0.3) is 0 Å². The Morgan fingerprint density at radius 1 is 1.44 bits per heavy atom. The van der Waals surface area contributed by atoms with Crippen molar-refractivity contribution in [1.29, 1.82) is 5.26 Å². The first-order valence-electron chi connectivity index (χ1n) is 5.77. The molecule has 1 rings (SSSR count). The minimum atomic E-state index is 0.680. The molecular weight excluding hydrogens is 244 g/mol. The molecule has 0 bridgehead atoms. The summed E-state index contributed by atoms with van der Waals surface area (Å²) < 4.78 is 0. The molecule has 1 aromatic carbocycles. The Hall–Kier alpha value is -1.67. The lowest BCUT2D eigenvalue weighted by atomic mass is 10.3. The lowest BCUT2D eigenvalue weighted by Crippen LogP contribution is -2.19. The molecule has 0 aliphatic rings. The zero-order valence-corrected chi connectivity index (χ0v) is 11.6. The van der Waals surface area contributed by atoms with Crippen molar-refractivity contribution in [1.82, 2.24) is 5.32 Å². The molecule has 0 aliphatic heterocycles. The van der Waals surface area contributed by atoms with E-state index in [1.807, 2.05) is 30.6 Å². The topological polar surface area (TPSA) is 51.4 Å². The number of thioether (sulfide) groups is 1. The number of rotatable bonds is 5. The predicted molar refractivity (Wildman–Crippen MR) is 78.9 cm³/mol. The third-order valence-electron chi connectivity index (χ3n) is 2.46. The van der Waals surface area contributed by atoms with Crippen LogP contribution in [-0.4, -0.2) is 31.6 Å². The monoisotopic (exact) mass is 262 g/mol. The summed E-state index contributed by atoms with van der Waals surface area (Å²) in [6.07, 6.45) is 4.75. The molecule has 0 radical (unpaired) electrons. The minimum Gasteiger partial charge on any atom is -0.375 e. The zero-order valence-electron chi connectivity index (χ0n) is 10.8. The van der Waals surface area contributed by atoms with Gasteiger partial charge in [-0.2, -0.15) is 5.26 Å². The van der Waals surface area contributed by atoms with E-state index in [0.717, 1.165) is 19.5 Å². The van der Waals surface area contributed by atoms with Crippen molar-refractivity contribution in [2.75, 3.05) is 31.3 Å². The summed E-state index contributed by atoms with van der Waals surface area (Å²) in [7, 11) is 2.07. The van der Waals surface area contributed by atoms with Gasteiger partial charge in [0.05, 0.1) is 0 Å². The first-order chi connectivity index (χ1) is 8.77. The van der Waals surface area contributed by atoms with Crippen LogP contribution in [0.25, 0.3) is 0 Å². The van der Waals surface area contributed by atoms with Gasteiger partial charge in [0.1, 0.15) is 0 Å². The molecule has 0 fully saturated rings. The van der Waals surface area contributed by atoms with Gasteiger partial charge >= 0.3 is 0 Å². The summed E-state index contributed by atoms with van der Waals surface area (Å²) >= 11 is 1.45. The molecule has 0 unspecified atom stereocenters. The summed E-state index contributed by atoms with van der Waals surface area (Å²) in [4.78, 5) is 6.52. The Bertz CT molecular complexity index is 411. The molecule has 96 valence electrons. The highest BCUT2D eigenvalue weighted by molar-refractivity contribution is 8.13. The van der Waals surface area contributed by atoms with Crippen LogP contribution in [0, 0.1) is 11.5 Å². The molecule has 0 amide bonds. The third-order valence-corrected chi connectivity index (χ3v) is 3.08. The molecular formula is C13H18N4S. The summed E-state index contributed by atoms with van der Waals surface area (Å²) in [6.45, 7) is 1.67. The van der Waals surface area contributed by atoms with E-state index in [-0.39, 0.29) is 0 Å². The maximum atomic E-state index is 8.50. The molecule has 0 aliphatic carbocycles. The fraction of sp³-hybridized carbons (Fsp3) is 0.385. The van der Waals surface area contributed by atoms with Crippen LogP contribution < -0.4 is 10.2 Å². The lowest BCUT2D eigenvalue weighted by Gasteiger charge is -2.18. The fourth-order valence-electron chi connectivity index (χ4n) is 1.50. The third kappa shape index (κ3) is 5.11. The molecule has 0 aromatic heterocycles. The van der Waals surface area contributed by atoms with Gasteiger partial charge in [-0.3, -0.25) is 10.3 Å². The van der Waals surface area contributed by atoms with Crippen molar-refractivity contribution in [3.63, 3.8) is 0 Å². The van der Waals surface area contributed by atoms with E-state index < -0.39 is 0 Å². The van der Waals surface area contributed by atoms with E-state index in [4.69, 9.17) is 5.26 Å². The van der Waals surface area contributed by atoms with Crippen LogP contribution >= 0.6 is 11.8 Å². The smallest absolute Gasteiger partial charge is 0.183 e. The van der Waals surface area contributed by atoms with E-state index in [1.54, 1.807) is 0 Å². The SMILES string of the molecule is CSC(=NCCCN(C)c1ccccc1)NC#N. The second-order valence-corrected chi connectivity index (χ2v) is 4.53. The Morgan fingerprint density at radius 3 is 2.78 bits per heavy atom. The van der Waals surface area contributed by atoms with Gasteiger partial charge in [0.15, 0.2) is 11.4 Å². The predicted octanol–water partition coefficient (Wildman–Crippen LogP) is 2.30. The van der Waals surface area contributed by atoms with E-state index in [2.05, 4.69) is 34.4 Å². The number of nitrogens with zero attached hydrogens (tertiary/aromatic N) is 3. The maximum Gasteiger partial charge on any atom is 0.183 e. The van der Waals surface area contributed by atoms with Crippen molar-refractivity contribution in [3.8, 4) is 6.19 Å². The number of hydrogen-bond acceptors (Lipinski definition) is 4. The molecule has 4 nitrogen and oxygen atoms in total. The van der Waals surface area contributed by atoms with Crippen LogP contribution in [-0.2, 0) is 0 Å². The van der Waals surface area contributed by atoms with E-state index in [0.29, 0.717) is 5.17 Å². The summed E-state index contributed by atoms with van der Waals surface area (Å²) in [5.41, 5.74) is 1.21. The van der Waals surface area contributed by atoms with Crippen LogP contribution in [0.5, 0.6) is 0 Å². The van der Waals surface area contributed by atoms with Crippen molar-refractivity contribution >= 4 is 22.6 Å². The van der Waals surface area contributed by atoms with Crippen molar-refractivity contribution in [2.24, 2.45) is 4.99 Å². The normalized spacial score (nSPS) is 10.8. The van der Waals surface area contributed by atoms with Gasteiger partial charge in [-0.05, 0) is 24.8 Å². The Kier molecular flexibility index (Phi) is 6.74. The number of nitriles is 1. The van der Waals surface area contributed by atoms with E-state index >= 15 is 0 Å². The molecule has 5 heteroatoms. The quantitative estimate of drug-likeness (QED) is 0.291. The van der Waals surface area contributed by atoms with Crippen LogP contribution in [0.2, 0.25) is 0 Å². The van der Waals surface area contributed by atoms with Crippen molar-refractivity contribution in [3.05, 3.63) is 30.3 Å².